The Labute approximate surface area is 292 Å². The molecular formula is C38H37F3N4O6. The Morgan fingerprint density at radius 3 is 2.16 bits per heavy atom. The zero-order valence-electron chi connectivity index (χ0n) is 27.8. The highest BCUT2D eigenvalue weighted by atomic mass is 19.4. The molecule has 4 heterocycles. The Balaban J connectivity index is 0.949. The first-order valence-electron chi connectivity index (χ1n) is 17.3. The van der Waals surface area contributed by atoms with Crippen molar-refractivity contribution in [2.75, 3.05) is 26.2 Å². The minimum absolute atomic E-state index is 0.0544. The predicted octanol–water partition coefficient (Wildman–Crippen LogP) is 5.42. The second-order valence-electron chi connectivity index (χ2n) is 13.7. The third-order valence-electron chi connectivity index (χ3n) is 10.6. The minimum atomic E-state index is -4.88. The van der Waals surface area contributed by atoms with Gasteiger partial charge in [0, 0.05) is 26.1 Å². The molecule has 0 saturated carbocycles. The van der Waals surface area contributed by atoms with Crippen LogP contribution in [0, 0.1) is 11.8 Å². The second-order valence-corrected chi connectivity index (χ2v) is 13.7. The topological polar surface area (TPSA) is 116 Å². The fraction of sp³-hybridized carbons (Fsp3) is 0.395. The lowest BCUT2D eigenvalue weighted by atomic mass is 9.78. The Bertz CT molecular complexity index is 1880. The molecule has 0 bridgehead atoms. The molecule has 0 radical (unpaired) electrons. The van der Waals surface area contributed by atoms with Gasteiger partial charge in [-0.2, -0.15) is 0 Å². The molecule has 1 unspecified atom stereocenters. The number of fused-ring (bicyclic) bond motifs is 1. The van der Waals surface area contributed by atoms with E-state index in [1.165, 1.54) is 18.2 Å². The van der Waals surface area contributed by atoms with Crippen molar-refractivity contribution < 1.29 is 41.9 Å². The average Bonchev–Trinajstić information content (AvgIpc) is 3.37. The van der Waals surface area contributed by atoms with E-state index in [2.05, 4.69) is 15.0 Å². The van der Waals surface area contributed by atoms with Gasteiger partial charge in [0.2, 0.25) is 11.8 Å². The number of piperidine rings is 3. The predicted molar refractivity (Wildman–Crippen MR) is 178 cm³/mol. The van der Waals surface area contributed by atoms with Crippen LogP contribution < -0.4 is 10.1 Å². The summed E-state index contributed by atoms with van der Waals surface area (Å²) in [4.78, 5) is 69.3. The molecule has 3 aromatic carbocycles. The molecular weight excluding hydrogens is 665 g/mol. The molecule has 10 nitrogen and oxygen atoms in total. The van der Waals surface area contributed by atoms with Crippen LogP contribution >= 0.6 is 0 Å². The van der Waals surface area contributed by atoms with E-state index in [1.807, 2.05) is 24.3 Å². The lowest BCUT2D eigenvalue weighted by Crippen LogP contribution is -2.54. The first-order chi connectivity index (χ1) is 24.5. The highest BCUT2D eigenvalue weighted by Crippen LogP contribution is 2.37. The molecule has 3 saturated heterocycles. The standard InChI is InChI=1S/C38H37F3N4O6/c39-38(40,41)51-31-10-2-1-7-28(31)35(48)44-19-15-25(16-20-44)24-13-17-43(18-14-24)22-23-5-3-6-26(21-23)27-8-4-9-29-33(27)37(50)45(36(29)49)30-11-12-32(46)42-34(30)47/h1-10,21,24-25,30H,11-20,22H2,(H,42,46,47). The molecule has 5 amide bonds. The quantitative estimate of drug-likeness (QED) is 0.327. The van der Waals surface area contributed by atoms with Gasteiger partial charge in [0.15, 0.2) is 0 Å². The number of para-hydroxylation sites is 1. The van der Waals surface area contributed by atoms with E-state index >= 15 is 0 Å². The number of halogens is 3. The van der Waals surface area contributed by atoms with Crippen molar-refractivity contribution >= 4 is 29.5 Å². The first-order valence-corrected chi connectivity index (χ1v) is 17.3. The molecule has 0 aromatic heterocycles. The lowest BCUT2D eigenvalue weighted by Gasteiger charge is -2.40. The SMILES string of the molecule is O=C1CCC(N2C(=O)c3cccc(-c4cccc(CN5CCC(C6CCN(C(=O)c7ccccc7OC(F)(F)F)CC6)CC5)c4)c3C2=O)C(=O)N1. The van der Waals surface area contributed by atoms with Gasteiger partial charge in [-0.25, -0.2) is 0 Å². The van der Waals surface area contributed by atoms with E-state index in [0.717, 1.165) is 60.9 Å². The van der Waals surface area contributed by atoms with Crippen LogP contribution in [-0.4, -0.2) is 82.8 Å². The van der Waals surface area contributed by atoms with Gasteiger partial charge in [-0.1, -0.05) is 42.5 Å². The summed E-state index contributed by atoms with van der Waals surface area (Å²) in [6.45, 7) is 3.46. The lowest BCUT2D eigenvalue weighted by molar-refractivity contribution is -0.274. The van der Waals surface area contributed by atoms with Crippen molar-refractivity contribution in [2.24, 2.45) is 11.8 Å². The van der Waals surface area contributed by atoms with Gasteiger partial charge < -0.3 is 9.64 Å². The third-order valence-corrected chi connectivity index (χ3v) is 10.6. The van der Waals surface area contributed by atoms with E-state index in [1.54, 1.807) is 23.1 Å². The van der Waals surface area contributed by atoms with E-state index in [-0.39, 0.29) is 29.5 Å². The van der Waals surface area contributed by atoms with E-state index in [4.69, 9.17) is 0 Å². The van der Waals surface area contributed by atoms with Gasteiger partial charge in [0.05, 0.1) is 16.7 Å². The number of benzene rings is 3. The number of nitrogens with zero attached hydrogens (tertiary/aromatic N) is 3. The van der Waals surface area contributed by atoms with Crippen LogP contribution in [0.25, 0.3) is 11.1 Å². The molecule has 1 N–H and O–H groups in total. The molecule has 13 heteroatoms. The number of ether oxygens (including phenoxy) is 1. The van der Waals surface area contributed by atoms with Crippen LogP contribution in [0.4, 0.5) is 13.2 Å². The van der Waals surface area contributed by atoms with Crippen LogP contribution in [0.3, 0.4) is 0 Å². The van der Waals surface area contributed by atoms with Gasteiger partial charge in [0.1, 0.15) is 11.8 Å². The zero-order chi connectivity index (χ0) is 35.9. The summed E-state index contributed by atoms with van der Waals surface area (Å²) >= 11 is 0. The summed E-state index contributed by atoms with van der Waals surface area (Å²) in [6.07, 6.45) is -1.14. The molecule has 3 aromatic rings. The van der Waals surface area contributed by atoms with E-state index in [0.29, 0.717) is 37.0 Å². The molecule has 1 atom stereocenters. The normalized spacial score (nSPS) is 20.8. The second kappa shape index (κ2) is 13.9. The molecule has 51 heavy (non-hydrogen) atoms. The number of alkyl halides is 3. The fourth-order valence-electron chi connectivity index (χ4n) is 8.03. The number of carbonyl (C=O) groups is 5. The summed E-state index contributed by atoms with van der Waals surface area (Å²) in [6, 6.07) is 17.4. The maximum absolute atomic E-state index is 13.6. The summed E-state index contributed by atoms with van der Waals surface area (Å²) in [5.74, 6) is -2.15. The number of amides is 5. The number of rotatable bonds is 7. The molecule has 7 rings (SSSR count). The van der Waals surface area contributed by atoms with E-state index < -0.39 is 47.7 Å². The molecule has 4 aliphatic heterocycles. The van der Waals surface area contributed by atoms with Gasteiger partial charge in [-0.15, -0.1) is 13.2 Å². The van der Waals surface area contributed by atoms with Crippen molar-refractivity contribution in [3.63, 3.8) is 0 Å². The molecule has 0 spiro atoms. The van der Waals surface area contributed by atoms with Crippen molar-refractivity contribution in [3.8, 4) is 16.9 Å². The summed E-state index contributed by atoms with van der Waals surface area (Å²) in [5, 5.41) is 2.23. The zero-order valence-corrected chi connectivity index (χ0v) is 27.8. The third kappa shape index (κ3) is 7.12. The van der Waals surface area contributed by atoms with Gasteiger partial charge in [-0.3, -0.25) is 39.1 Å². The maximum atomic E-state index is 13.6. The Kier molecular flexibility index (Phi) is 9.40. The first kappa shape index (κ1) is 34.4. The Morgan fingerprint density at radius 2 is 1.45 bits per heavy atom. The number of imide groups is 2. The Morgan fingerprint density at radius 1 is 0.784 bits per heavy atom. The van der Waals surface area contributed by atoms with Crippen LogP contribution in [0.5, 0.6) is 5.75 Å². The monoisotopic (exact) mass is 702 g/mol. The summed E-state index contributed by atoms with van der Waals surface area (Å²) in [7, 11) is 0. The number of likely N-dealkylation sites (tertiary alicyclic amines) is 2. The highest BCUT2D eigenvalue weighted by Gasteiger charge is 2.45. The summed E-state index contributed by atoms with van der Waals surface area (Å²) in [5.41, 5.74) is 2.88. The molecule has 0 aliphatic carbocycles. The van der Waals surface area contributed by atoms with Gasteiger partial charge >= 0.3 is 6.36 Å². The van der Waals surface area contributed by atoms with Gasteiger partial charge in [0.25, 0.3) is 17.7 Å². The van der Waals surface area contributed by atoms with Crippen LogP contribution in [0.1, 0.15) is 75.2 Å². The maximum Gasteiger partial charge on any atom is 0.573 e. The minimum Gasteiger partial charge on any atom is -0.405 e. The largest absolute Gasteiger partial charge is 0.573 e. The number of carbonyl (C=O) groups excluding carboxylic acids is 5. The highest BCUT2D eigenvalue weighted by molar-refractivity contribution is 6.25. The molecule has 266 valence electrons. The number of hydrogen-bond donors (Lipinski definition) is 1. The van der Waals surface area contributed by atoms with Crippen LogP contribution in [-0.2, 0) is 16.1 Å². The van der Waals surface area contributed by atoms with Crippen LogP contribution in [0.15, 0.2) is 66.7 Å². The van der Waals surface area contributed by atoms with Crippen molar-refractivity contribution in [2.45, 2.75) is 57.5 Å². The smallest absolute Gasteiger partial charge is 0.405 e. The van der Waals surface area contributed by atoms with Crippen molar-refractivity contribution in [1.29, 1.82) is 0 Å². The molecule has 4 aliphatic rings. The van der Waals surface area contributed by atoms with Crippen molar-refractivity contribution in [1.82, 2.24) is 20.0 Å². The molecule has 3 fully saturated rings. The van der Waals surface area contributed by atoms with Crippen LogP contribution in [0.2, 0.25) is 0 Å². The van der Waals surface area contributed by atoms with Crippen molar-refractivity contribution in [3.05, 3.63) is 89.0 Å². The summed E-state index contributed by atoms with van der Waals surface area (Å²) < 4.78 is 42.7. The Hall–Kier alpha value is -5.04. The van der Waals surface area contributed by atoms with E-state index in [9.17, 15) is 37.1 Å². The number of hydrogen-bond acceptors (Lipinski definition) is 7. The number of nitrogens with one attached hydrogen (secondary N) is 1. The fourth-order valence-corrected chi connectivity index (χ4v) is 8.03. The average molecular weight is 703 g/mol. The van der Waals surface area contributed by atoms with Gasteiger partial charge in [-0.05, 0) is 98.0 Å².